The molecule has 3 nitrogen and oxygen atoms in total. The van der Waals surface area contributed by atoms with Gasteiger partial charge in [0.05, 0.1) is 5.69 Å². The fourth-order valence-electron chi connectivity index (χ4n) is 1.60. The minimum absolute atomic E-state index is 0.143. The molecule has 0 saturated heterocycles. The highest BCUT2D eigenvalue weighted by Crippen LogP contribution is 2.19. The van der Waals surface area contributed by atoms with Crippen LogP contribution < -0.4 is 11.1 Å². The van der Waals surface area contributed by atoms with E-state index in [1.54, 1.807) is 19.1 Å². The van der Waals surface area contributed by atoms with Crippen LogP contribution in [0.5, 0.6) is 0 Å². The van der Waals surface area contributed by atoms with E-state index in [2.05, 4.69) is 5.32 Å². The van der Waals surface area contributed by atoms with Crippen LogP contribution in [-0.4, -0.2) is 12.5 Å². The highest BCUT2D eigenvalue weighted by Gasteiger charge is 2.08. The van der Waals surface area contributed by atoms with Crippen LogP contribution in [0.3, 0.4) is 0 Å². The zero-order valence-electron chi connectivity index (χ0n) is 10.1. The van der Waals surface area contributed by atoms with Crippen LogP contribution in [0.4, 0.5) is 10.1 Å². The van der Waals surface area contributed by atoms with Gasteiger partial charge < -0.3 is 11.1 Å². The molecule has 0 atom stereocenters. The van der Waals surface area contributed by atoms with Crippen LogP contribution in [0.15, 0.2) is 18.2 Å². The van der Waals surface area contributed by atoms with Gasteiger partial charge in [0.25, 0.3) is 0 Å². The smallest absolute Gasteiger partial charge is 0.224 e. The van der Waals surface area contributed by atoms with Crippen molar-refractivity contribution in [3.05, 3.63) is 29.6 Å². The molecule has 0 aliphatic carbocycles. The second-order valence-corrected chi connectivity index (χ2v) is 4.08. The maximum absolute atomic E-state index is 13.4. The number of unbranched alkanes of at least 4 members (excludes halogenated alkanes) is 2. The van der Waals surface area contributed by atoms with E-state index in [0.717, 1.165) is 24.8 Å². The number of nitrogens with two attached hydrogens (primary N) is 1. The molecule has 4 heteroatoms. The van der Waals surface area contributed by atoms with Gasteiger partial charge >= 0.3 is 0 Å². The number of hydrogen-bond acceptors (Lipinski definition) is 2. The van der Waals surface area contributed by atoms with E-state index in [1.807, 2.05) is 0 Å². The predicted molar refractivity (Wildman–Crippen MR) is 67.3 cm³/mol. The third kappa shape index (κ3) is 4.53. The molecule has 0 aliphatic rings. The number of benzene rings is 1. The summed E-state index contributed by atoms with van der Waals surface area (Å²) in [6.45, 7) is 2.42. The molecule has 0 heterocycles. The molecule has 0 radical (unpaired) electrons. The number of para-hydroxylation sites is 1. The first-order chi connectivity index (χ1) is 8.15. The van der Waals surface area contributed by atoms with Gasteiger partial charge in [-0.05, 0) is 37.9 Å². The SMILES string of the molecule is Cc1cccc(F)c1NC(=O)CCCCCN. The Balaban J connectivity index is 2.45. The quantitative estimate of drug-likeness (QED) is 0.748. The summed E-state index contributed by atoms with van der Waals surface area (Å²) < 4.78 is 13.4. The summed E-state index contributed by atoms with van der Waals surface area (Å²) in [4.78, 5) is 11.6. The number of amides is 1. The van der Waals surface area contributed by atoms with E-state index in [0.29, 0.717) is 13.0 Å². The Hall–Kier alpha value is -1.42. The van der Waals surface area contributed by atoms with Crippen molar-refractivity contribution in [2.75, 3.05) is 11.9 Å². The van der Waals surface area contributed by atoms with Crippen molar-refractivity contribution in [1.82, 2.24) is 0 Å². The van der Waals surface area contributed by atoms with Crippen molar-refractivity contribution in [2.24, 2.45) is 5.73 Å². The van der Waals surface area contributed by atoms with Gasteiger partial charge in [-0.2, -0.15) is 0 Å². The number of carbonyl (C=O) groups excluding carboxylic acids is 1. The van der Waals surface area contributed by atoms with Crippen LogP contribution in [0.25, 0.3) is 0 Å². The molecular formula is C13H19FN2O. The first kappa shape index (κ1) is 13.6. The summed E-state index contributed by atoms with van der Waals surface area (Å²) in [7, 11) is 0. The lowest BCUT2D eigenvalue weighted by Gasteiger charge is -2.09. The largest absolute Gasteiger partial charge is 0.330 e. The maximum atomic E-state index is 13.4. The van der Waals surface area contributed by atoms with Crippen LogP contribution in [0.2, 0.25) is 0 Å². The number of rotatable bonds is 6. The van der Waals surface area contributed by atoms with E-state index < -0.39 is 0 Å². The van der Waals surface area contributed by atoms with Crippen molar-refractivity contribution < 1.29 is 9.18 Å². The number of halogens is 1. The summed E-state index contributed by atoms with van der Waals surface area (Å²) in [6.07, 6.45) is 3.05. The lowest BCUT2D eigenvalue weighted by Crippen LogP contribution is -2.13. The van der Waals surface area contributed by atoms with Gasteiger partial charge in [-0.25, -0.2) is 4.39 Å². The number of aryl methyl sites for hydroxylation is 1. The van der Waals surface area contributed by atoms with Gasteiger partial charge in [0.15, 0.2) is 0 Å². The zero-order valence-corrected chi connectivity index (χ0v) is 10.1. The molecule has 0 spiro atoms. The van der Waals surface area contributed by atoms with E-state index in [9.17, 15) is 9.18 Å². The molecule has 17 heavy (non-hydrogen) atoms. The summed E-state index contributed by atoms with van der Waals surface area (Å²) in [5, 5.41) is 2.61. The van der Waals surface area contributed by atoms with Crippen LogP contribution in [-0.2, 0) is 4.79 Å². The van der Waals surface area contributed by atoms with Crippen LogP contribution >= 0.6 is 0 Å². The van der Waals surface area contributed by atoms with Crippen LogP contribution in [0, 0.1) is 12.7 Å². The van der Waals surface area contributed by atoms with Crippen molar-refractivity contribution in [2.45, 2.75) is 32.6 Å². The van der Waals surface area contributed by atoms with E-state index >= 15 is 0 Å². The maximum Gasteiger partial charge on any atom is 0.224 e. The molecule has 1 aromatic carbocycles. The average Bonchev–Trinajstić information content (AvgIpc) is 2.30. The fraction of sp³-hybridized carbons (Fsp3) is 0.462. The molecule has 3 N–H and O–H groups in total. The van der Waals surface area contributed by atoms with Crippen LogP contribution in [0.1, 0.15) is 31.2 Å². The Morgan fingerprint density at radius 3 is 2.76 bits per heavy atom. The second kappa shape index (κ2) is 7.01. The fourth-order valence-corrected chi connectivity index (χ4v) is 1.60. The Labute approximate surface area is 101 Å². The Morgan fingerprint density at radius 1 is 1.35 bits per heavy atom. The lowest BCUT2D eigenvalue weighted by atomic mass is 10.1. The second-order valence-electron chi connectivity index (χ2n) is 4.08. The molecule has 1 amide bonds. The minimum atomic E-state index is -0.389. The Morgan fingerprint density at radius 2 is 2.12 bits per heavy atom. The minimum Gasteiger partial charge on any atom is -0.330 e. The monoisotopic (exact) mass is 238 g/mol. The average molecular weight is 238 g/mol. The van der Waals surface area contributed by atoms with Crippen molar-refractivity contribution in [3.63, 3.8) is 0 Å². The van der Waals surface area contributed by atoms with Gasteiger partial charge in [0, 0.05) is 6.42 Å². The molecule has 0 aromatic heterocycles. The topological polar surface area (TPSA) is 55.1 Å². The number of carbonyl (C=O) groups is 1. The first-order valence-corrected chi connectivity index (χ1v) is 5.90. The summed E-state index contributed by atoms with van der Waals surface area (Å²) in [5.41, 5.74) is 6.38. The van der Waals surface area contributed by atoms with Gasteiger partial charge in [-0.3, -0.25) is 4.79 Å². The lowest BCUT2D eigenvalue weighted by molar-refractivity contribution is -0.116. The molecule has 1 rings (SSSR count). The molecule has 0 unspecified atom stereocenters. The zero-order chi connectivity index (χ0) is 12.7. The molecule has 0 bridgehead atoms. The van der Waals surface area contributed by atoms with Gasteiger partial charge in [0.1, 0.15) is 5.82 Å². The van der Waals surface area contributed by atoms with Gasteiger partial charge in [-0.15, -0.1) is 0 Å². The normalized spacial score (nSPS) is 10.3. The number of hydrogen-bond donors (Lipinski definition) is 2. The van der Waals surface area contributed by atoms with Crippen molar-refractivity contribution in [3.8, 4) is 0 Å². The van der Waals surface area contributed by atoms with Gasteiger partial charge in [0.2, 0.25) is 5.91 Å². The highest BCUT2D eigenvalue weighted by molar-refractivity contribution is 5.91. The highest BCUT2D eigenvalue weighted by atomic mass is 19.1. The summed E-state index contributed by atoms with van der Waals surface area (Å²) >= 11 is 0. The molecular weight excluding hydrogens is 219 g/mol. The van der Waals surface area contributed by atoms with Crippen molar-refractivity contribution in [1.29, 1.82) is 0 Å². The molecule has 0 aliphatic heterocycles. The first-order valence-electron chi connectivity index (χ1n) is 5.90. The Bertz CT molecular complexity index is 359. The van der Waals surface area contributed by atoms with E-state index in [4.69, 9.17) is 5.73 Å². The van der Waals surface area contributed by atoms with E-state index in [-0.39, 0.29) is 17.4 Å². The molecule has 0 saturated carbocycles. The molecule has 1 aromatic rings. The molecule has 94 valence electrons. The third-order valence-electron chi connectivity index (χ3n) is 2.59. The standard InChI is InChI=1S/C13H19FN2O/c1-10-6-5-7-11(14)13(10)16-12(17)8-3-2-4-9-15/h5-7H,2-4,8-9,15H2,1H3,(H,16,17). The number of anilines is 1. The van der Waals surface area contributed by atoms with E-state index in [1.165, 1.54) is 6.07 Å². The predicted octanol–water partition coefficient (Wildman–Crippen LogP) is 2.59. The number of nitrogens with one attached hydrogen (secondary N) is 1. The summed E-state index contributed by atoms with van der Waals surface area (Å²) in [6, 6.07) is 4.74. The van der Waals surface area contributed by atoms with Crippen molar-refractivity contribution >= 4 is 11.6 Å². The molecule has 0 fully saturated rings. The summed E-state index contributed by atoms with van der Waals surface area (Å²) in [5.74, 6) is -0.532. The third-order valence-corrected chi connectivity index (χ3v) is 2.59. The Kier molecular flexibility index (Phi) is 5.63. The van der Waals surface area contributed by atoms with Gasteiger partial charge in [-0.1, -0.05) is 18.6 Å².